The van der Waals surface area contributed by atoms with Crippen LogP contribution in [0, 0.1) is 23.7 Å². The molecule has 0 spiro atoms. The number of ether oxygens (including phenoxy) is 2. The summed E-state index contributed by atoms with van der Waals surface area (Å²) in [5.74, 6) is 1.98. The average molecular weight is 326 g/mol. The molecule has 0 saturated heterocycles. The molecule has 1 N–H and O–H groups in total. The molecule has 1 fully saturated rings. The maximum atomic E-state index is 11.7. The Kier molecular flexibility index (Phi) is 9.49. The van der Waals surface area contributed by atoms with Crippen LogP contribution in [-0.2, 0) is 14.3 Å². The van der Waals surface area contributed by atoms with Crippen LogP contribution < -0.4 is 0 Å². The first kappa shape index (κ1) is 20.2. The van der Waals surface area contributed by atoms with Gasteiger partial charge in [-0.3, -0.25) is 0 Å². The highest BCUT2D eigenvalue weighted by Gasteiger charge is 2.31. The highest BCUT2D eigenvalue weighted by atomic mass is 16.5. The largest absolute Gasteiger partial charge is 0.462 e. The predicted molar refractivity (Wildman–Crippen MR) is 92.1 cm³/mol. The van der Waals surface area contributed by atoms with Crippen LogP contribution >= 0.6 is 0 Å². The smallest absolute Gasteiger partial charge is 0.335 e. The van der Waals surface area contributed by atoms with Crippen LogP contribution in [0.15, 0.2) is 12.2 Å². The molecule has 0 aromatic rings. The molecule has 1 aliphatic carbocycles. The van der Waals surface area contributed by atoms with Gasteiger partial charge in [-0.1, -0.05) is 33.3 Å². The van der Waals surface area contributed by atoms with Crippen LogP contribution in [0.5, 0.6) is 0 Å². The van der Waals surface area contributed by atoms with Crippen molar-refractivity contribution >= 4 is 5.97 Å². The Labute approximate surface area is 141 Å². The van der Waals surface area contributed by atoms with E-state index in [-0.39, 0.29) is 18.1 Å². The molecule has 0 radical (unpaired) electrons. The fourth-order valence-electron chi connectivity index (χ4n) is 3.93. The molecule has 1 aliphatic rings. The highest BCUT2D eigenvalue weighted by Crippen LogP contribution is 2.39. The van der Waals surface area contributed by atoms with Crippen molar-refractivity contribution in [3.63, 3.8) is 0 Å². The number of aliphatic hydroxyl groups is 1. The van der Waals surface area contributed by atoms with Crippen molar-refractivity contribution in [2.24, 2.45) is 23.7 Å². The monoisotopic (exact) mass is 326 g/mol. The molecule has 1 saturated carbocycles. The standard InChI is InChI=1S/C19H34O4/c1-5-15(6-2)16-7-9-17(10-8-16)18(12-22-4)13-23-19(21)14(3)11-20/h15-18,20H,3,5-13H2,1-2,4H3. The summed E-state index contributed by atoms with van der Waals surface area (Å²) in [4.78, 5) is 11.7. The second-order valence-electron chi connectivity index (χ2n) is 6.83. The quantitative estimate of drug-likeness (QED) is 0.492. The SMILES string of the molecule is C=C(CO)C(=O)OCC(COC)C1CCC(C(CC)CC)CC1. The zero-order valence-electron chi connectivity index (χ0n) is 15.1. The van der Waals surface area contributed by atoms with Crippen molar-refractivity contribution in [2.75, 3.05) is 26.9 Å². The molecular formula is C19H34O4. The van der Waals surface area contributed by atoms with Gasteiger partial charge in [0.1, 0.15) is 0 Å². The molecule has 0 amide bonds. The van der Waals surface area contributed by atoms with E-state index < -0.39 is 5.97 Å². The Morgan fingerprint density at radius 1 is 1.09 bits per heavy atom. The van der Waals surface area contributed by atoms with Gasteiger partial charge in [0, 0.05) is 13.0 Å². The molecule has 134 valence electrons. The van der Waals surface area contributed by atoms with Crippen LogP contribution in [0.1, 0.15) is 52.4 Å². The molecule has 0 aliphatic heterocycles. The number of carbonyl (C=O) groups excluding carboxylic acids is 1. The summed E-state index contributed by atoms with van der Waals surface area (Å²) in [6.07, 6.45) is 7.47. The Morgan fingerprint density at radius 2 is 1.61 bits per heavy atom. The zero-order chi connectivity index (χ0) is 17.2. The topological polar surface area (TPSA) is 55.8 Å². The van der Waals surface area contributed by atoms with Crippen LogP contribution in [-0.4, -0.2) is 38.0 Å². The lowest BCUT2D eigenvalue weighted by atomic mass is 9.71. The lowest BCUT2D eigenvalue weighted by molar-refractivity contribution is -0.142. The Balaban J connectivity index is 2.49. The zero-order valence-corrected chi connectivity index (χ0v) is 15.1. The first-order valence-corrected chi connectivity index (χ1v) is 9.01. The van der Waals surface area contributed by atoms with E-state index in [4.69, 9.17) is 14.6 Å². The van der Waals surface area contributed by atoms with Gasteiger partial charge >= 0.3 is 5.97 Å². The minimum Gasteiger partial charge on any atom is -0.462 e. The van der Waals surface area contributed by atoms with E-state index in [1.807, 2.05) is 0 Å². The molecule has 0 aromatic heterocycles. The lowest BCUT2D eigenvalue weighted by Gasteiger charge is -2.36. The van der Waals surface area contributed by atoms with Gasteiger partial charge in [0.05, 0.1) is 25.4 Å². The van der Waals surface area contributed by atoms with Gasteiger partial charge in [-0.05, 0) is 43.4 Å². The van der Waals surface area contributed by atoms with Gasteiger partial charge < -0.3 is 14.6 Å². The maximum absolute atomic E-state index is 11.7. The average Bonchev–Trinajstić information content (AvgIpc) is 2.59. The normalized spacial score (nSPS) is 22.8. The van der Waals surface area contributed by atoms with Crippen molar-refractivity contribution in [3.05, 3.63) is 12.2 Å². The predicted octanol–water partition coefficient (Wildman–Crippen LogP) is 3.58. The molecule has 1 unspecified atom stereocenters. The Morgan fingerprint density at radius 3 is 2.04 bits per heavy atom. The first-order valence-electron chi connectivity index (χ1n) is 9.01. The molecule has 0 heterocycles. The summed E-state index contributed by atoms with van der Waals surface area (Å²) in [5.41, 5.74) is 0.110. The first-order chi connectivity index (χ1) is 11.1. The molecule has 1 atom stereocenters. The van der Waals surface area contributed by atoms with Crippen LogP contribution in [0.4, 0.5) is 0 Å². The highest BCUT2D eigenvalue weighted by molar-refractivity contribution is 5.87. The second kappa shape index (κ2) is 10.8. The van der Waals surface area contributed by atoms with Gasteiger partial charge in [0.15, 0.2) is 0 Å². The van der Waals surface area contributed by atoms with E-state index in [1.165, 1.54) is 38.5 Å². The third-order valence-electron chi connectivity index (χ3n) is 5.49. The number of esters is 1. The second-order valence-corrected chi connectivity index (χ2v) is 6.83. The molecule has 1 rings (SSSR count). The lowest BCUT2D eigenvalue weighted by Crippen LogP contribution is -2.31. The summed E-state index contributed by atoms with van der Waals surface area (Å²) in [6, 6.07) is 0. The Bertz CT molecular complexity index is 354. The molecule has 4 heteroatoms. The van der Waals surface area contributed by atoms with E-state index in [9.17, 15) is 4.79 Å². The third kappa shape index (κ3) is 6.27. The number of hydrogen-bond donors (Lipinski definition) is 1. The Hall–Kier alpha value is -0.870. The van der Waals surface area contributed by atoms with Crippen molar-refractivity contribution in [3.8, 4) is 0 Å². The van der Waals surface area contributed by atoms with Crippen molar-refractivity contribution in [2.45, 2.75) is 52.4 Å². The van der Waals surface area contributed by atoms with Crippen LogP contribution in [0.3, 0.4) is 0 Å². The van der Waals surface area contributed by atoms with E-state index in [1.54, 1.807) is 7.11 Å². The van der Waals surface area contributed by atoms with Crippen LogP contribution in [0.2, 0.25) is 0 Å². The minimum atomic E-state index is -0.501. The molecule has 0 aromatic carbocycles. The summed E-state index contributed by atoms with van der Waals surface area (Å²) >= 11 is 0. The summed E-state index contributed by atoms with van der Waals surface area (Å²) in [7, 11) is 1.69. The fourth-order valence-corrected chi connectivity index (χ4v) is 3.93. The van der Waals surface area contributed by atoms with E-state index in [0.717, 1.165) is 11.8 Å². The fraction of sp³-hybridized carbons (Fsp3) is 0.842. The maximum Gasteiger partial charge on any atom is 0.335 e. The van der Waals surface area contributed by atoms with Crippen molar-refractivity contribution < 1.29 is 19.4 Å². The van der Waals surface area contributed by atoms with Gasteiger partial charge in [0.25, 0.3) is 0 Å². The van der Waals surface area contributed by atoms with Gasteiger partial charge in [-0.15, -0.1) is 0 Å². The molecule has 0 bridgehead atoms. The third-order valence-corrected chi connectivity index (χ3v) is 5.49. The number of aliphatic hydroxyl groups excluding tert-OH is 1. The van der Waals surface area contributed by atoms with E-state index >= 15 is 0 Å². The number of rotatable bonds is 10. The number of carbonyl (C=O) groups is 1. The molecular weight excluding hydrogens is 292 g/mol. The van der Waals surface area contributed by atoms with Gasteiger partial charge in [0.2, 0.25) is 0 Å². The van der Waals surface area contributed by atoms with Crippen molar-refractivity contribution in [1.29, 1.82) is 0 Å². The summed E-state index contributed by atoms with van der Waals surface area (Å²) in [5, 5.41) is 8.93. The number of hydrogen-bond acceptors (Lipinski definition) is 4. The van der Waals surface area contributed by atoms with E-state index in [2.05, 4.69) is 20.4 Å². The summed E-state index contributed by atoms with van der Waals surface area (Å²) < 4.78 is 10.6. The van der Waals surface area contributed by atoms with Crippen molar-refractivity contribution in [1.82, 2.24) is 0 Å². The minimum absolute atomic E-state index is 0.110. The van der Waals surface area contributed by atoms with Gasteiger partial charge in [-0.2, -0.15) is 0 Å². The number of methoxy groups -OCH3 is 1. The van der Waals surface area contributed by atoms with Crippen LogP contribution in [0.25, 0.3) is 0 Å². The van der Waals surface area contributed by atoms with E-state index in [0.29, 0.717) is 19.1 Å². The molecule has 23 heavy (non-hydrogen) atoms. The van der Waals surface area contributed by atoms with Gasteiger partial charge in [-0.25, -0.2) is 4.79 Å². The summed E-state index contributed by atoms with van der Waals surface area (Å²) in [6.45, 7) is 8.70. The molecule has 4 nitrogen and oxygen atoms in total.